The molecule has 0 aliphatic carbocycles. The van der Waals surface area contributed by atoms with Crippen molar-refractivity contribution in [2.24, 2.45) is 0 Å². The summed E-state index contributed by atoms with van der Waals surface area (Å²) in [7, 11) is 3.58. The van der Waals surface area contributed by atoms with Gasteiger partial charge in [0.2, 0.25) is 0 Å². The van der Waals surface area contributed by atoms with Gasteiger partial charge in [0.1, 0.15) is 5.75 Å². The molecule has 1 unspecified atom stereocenters. The zero-order chi connectivity index (χ0) is 13.8. The Morgan fingerprint density at radius 3 is 2.42 bits per heavy atom. The normalized spacial score (nSPS) is 12.2. The van der Waals surface area contributed by atoms with Crippen molar-refractivity contribution in [3.63, 3.8) is 0 Å². The first-order valence-electron chi connectivity index (χ1n) is 6.23. The lowest BCUT2D eigenvalue weighted by molar-refractivity contribution is 0.414. The van der Waals surface area contributed by atoms with E-state index in [2.05, 4.69) is 24.4 Å². The smallest absolute Gasteiger partial charge is 0.120 e. The molecule has 0 radical (unpaired) electrons. The van der Waals surface area contributed by atoms with Crippen molar-refractivity contribution in [3.8, 4) is 5.75 Å². The van der Waals surface area contributed by atoms with E-state index < -0.39 is 0 Å². The summed E-state index contributed by atoms with van der Waals surface area (Å²) in [6.07, 6.45) is 0. The first kappa shape index (κ1) is 13.9. The lowest BCUT2D eigenvalue weighted by Gasteiger charge is -2.21. The Morgan fingerprint density at radius 2 is 1.84 bits per heavy atom. The summed E-state index contributed by atoms with van der Waals surface area (Å²) in [5, 5.41) is 4.04. The first-order chi connectivity index (χ1) is 9.17. The molecule has 100 valence electrons. The van der Waals surface area contributed by atoms with Crippen LogP contribution >= 0.6 is 11.6 Å². The van der Waals surface area contributed by atoms with Crippen LogP contribution in [-0.4, -0.2) is 14.2 Å². The molecule has 3 heteroatoms. The number of ether oxygens (including phenoxy) is 1. The second-order valence-electron chi connectivity index (χ2n) is 4.47. The third-order valence-electron chi connectivity index (χ3n) is 3.31. The lowest BCUT2D eigenvalue weighted by atomic mass is 9.95. The Bertz CT molecular complexity index is 568. The van der Waals surface area contributed by atoms with Crippen molar-refractivity contribution in [3.05, 3.63) is 64.2 Å². The van der Waals surface area contributed by atoms with E-state index in [9.17, 15) is 0 Å². The van der Waals surface area contributed by atoms with Gasteiger partial charge in [0.25, 0.3) is 0 Å². The van der Waals surface area contributed by atoms with Gasteiger partial charge in [-0.2, -0.15) is 0 Å². The molecule has 0 saturated carbocycles. The van der Waals surface area contributed by atoms with E-state index in [4.69, 9.17) is 16.3 Å². The molecule has 2 aromatic carbocycles. The van der Waals surface area contributed by atoms with Gasteiger partial charge < -0.3 is 10.1 Å². The van der Waals surface area contributed by atoms with Crippen LogP contribution < -0.4 is 10.1 Å². The highest BCUT2D eigenvalue weighted by molar-refractivity contribution is 6.31. The fourth-order valence-electron chi connectivity index (χ4n) is 2.26. The molecule has 0 amide bonds. The van der Waals surface area contributed by atoms with Crippen molar-refractivity contribution < 1.29 is 4.74 Å². The zero-order valence-corrected chi connectivity index (χ0v) is 12.2. The minimum absolute atomic E-state index is 0.0830. The Balaban J connectivity index is 2.46. The van der Waals surface area contributed by atoms with Crippen LogP contribution in [0.1, 0.15) is 22.7 Å². The van der Waals surface area contributed by atoms with Gasteiger partial charge in [-0.3, -0.25) is 0 Å². The van der Waals surface area contributed by atoms with Gasteiger partial charge in [-0.05, 0) is 42.8 Å². The van der Waals surface area contributed by atoms with Gasteiger partial charge in [-0.25, -0.2) is 0 Å². The Morgan fingerprint density at radius 1 is 1.11 bits per heavy atom. The molecular formula is C16H18ClNO. The van der Waals surface area contributed by atoms with E-state index in [-0.39, 0.29) is 6.04 Å². The summed E-state index contributed by atoms with van der Waals surface area (Å²) < 4.78 is 5.19. The van der Waals surface area contributed by atoms with Gasteiger partial charge in [-0.15, -0.1) is 0 Å². The fourth-order valence-corrected chi connectivity index (χ4v) is 2.54. The predicted octanol–water partition coefficient (Wildman–Crippen LogP) is 3.97. The lowest BCUT2D eigenvalue weighted by Crippen LogP contribution is -2.19. The summed E-state index contributed by atoms with van der Waals surface area (Å²) in [4.78, 5) is 0. The van der Waals surface area contributed by atoms with E-state index in [0.717, 1.165) is 11.3 Å². The Kier molecular flexibility index (Phi) is 4.46. The van der Waals surface area contributed by atoms with Crippen LogP contribution in [0.25, 0.3) is 0 Å². The average molecular weight is 276 g/mol. The quantitative estimate of drug-likeness (QED) is 0.912. The zero-order valence-electron chi connectivity index (χ0n) is 11.4. The molecule has 0 saturated heterocycles. The van der Waals surface area contributed by atoms with E-state index in [1.54, 1.807) is 7.11 Å². The van der Waals surface area contributed by atoms with Crippen LogP contribution in [0.4, 0.5) is 0 Å². The SMILES string of the molecule is CNC(c1ccccc1C)c1ccc(OC)cc1Cl. The Labute approximate surface area is 119 Å². The summed E-state index contributed by atoms with van der Waals surface area (Å²) in [5.41, 5.74) is 3.53. The largest absolute Gasteiger partial charge is 0.497 e. The number of methoxy groups -OCH3 is 1. The summed E-state index contributed by atoms with van der Waals surface area (Å²) in [6, 6.07) is 14.2. The predicted molar refractivity (Wildman–Crippen MR) is 80.1 cm³/mol. The molecule has 2 nitrogen and oxygen atoms in total. The van der Waals surface area contributed by atoms with Crippen LogP contribution in [0.5, 0.6) is 5.75 Å². The number of rotatable bonds is 4. The van der Waals surface area contributed by atoms with Gasteiger partial charge in [0.05, 0.1) is 13.2 Å². The third kappa shape index (κ3) is 2.91. The van der Waals surface area contributed by atoms with Crippen LogP contribution in [0, 0.1) is 6.92 Å². The number of hydrogen-bond acceptors (Lipinski definition) is 2. The highest BCUT2D eigenvalue weighted by Gasteiger charge is 2.17. The maximum absolute atomic E-state index is 6.36. The molecule has 1 atom stereocenters. The summed E-state index contributed by atoms with van der Waals surface area (Å²) in [6.45, 7) is 2.11. The maximum atomic E-state index is 6.36. The summed E-state index contributed by atoms with van der Waals surface area (Å²) >= 11 is 6.36. The molecule has 19 heavy (non-hydrogen) atoms. The van der Waals surface area contributed by atoms with Gasteiger partial charge in [-0.1, -0.05) is 41.9 Å². The average Bonchev–Trinajstić information content (AvgIpc) is 2.43. The first-order valence-corrected chi connectivity index (χ1v) is 6.61. The number of benzene rings is 2. The van der Waals surface area contributed by atoms with E-state index >= 15 is 0 Å². The minimum atomic E-state index is 0.0830. The van der Waals surface area contributed by atoms with Crippen molar-refractivity contribution in [2.45, 2.75) is 13.0 Å². The molecule has 1 N–H and O–H groups in total. The molecule has 2 aromatic rings. The number of hydrogen-bond donors (Lipinski definition) is 1. The molecule has 0 aromatic heterocycles. The molecule has 0 aliphatic heterocycles. The monoisotopic (exact) mass is 275 g/mol. The molecule has 0 heterocycles. The highest BCUT2D eigenvalue weighted by atomic mass is 35.5. The van der Waals surface area contributed by atoms with Crippen LogP contribution in [0.3, 0.4) is 0 Å². The van der Waals surface area contributed by atoms with Gasteiger partial charge >= 0.3 is 0 Å². The number of halogens is 1. The van der Waals surface area contributed by atoms with Gasteiger partial charge in [0, 0.05) is 5.02 Å². The molecule has 0 aliphatic rings. The number of aryl methyl sites for hydroxylation is 1. The van der Waals surface area contributed by atoms with E-state index in [0.29, 0.717) is 5.02 Å². The molecule has 2 rings (SSSR count). The van der Waals surface area contributed by atoms with Crippen molar-refractivity contribution >= 4 is 11.6 Å². The second kappa shape index (κ2) is 6.09. The van der Waals surface area contributed by atoms with E-state index in [1.807, 2.05) is 37.4 Å². The minimum Gasteiger partial charge on any atom is -0.497 e. The maximum Gasteiger partial charge on any atom is 0.120 e. The summed E-state index contributed by atoms with van der Waals surface area (Å²) in [5.74, 6) is 0.772. The van der Waals surface area contributed by atoms with Crippen LogP contribution in [0.2, 0.25) is 5.02 Å². The molecule has 0 bridgehead atoms. The number of nitrogens with one attached hydrogen (secondary N) is 1. The molecular weight excluding hydrogens is 258 g/mol. The topological polar surface area (TPSA) is 21.3 Å². The van der Waals surface area contributed by atoms with Crippen molar-refractivity contribution in [1.82, 2.24) is 5.32 Å². The van der Waals surface area contributed by atoms with Crippen LogP contribution in [0.15, 0.2) is 42.5 Å². The second-order valence-corrected chi connectivity index (χ2v) is 4.87. The fraction of sp³-hybridized carbons (Fsp3) is 0.250. The molecule has 0 spiro atoms. The van der Waals surface area contributed by atoms with Crippen LogP contribution in [-0.2, 0) is 0 Å². The Hall–Kier alpha value is -1.51. The van der Waals surface area contributed by atoms with Crippen molar-refractivity contribution in [1.29, 1.82) is 0 Å². The standard InChI is InChI=1S/C16H18ClNO/c1-11-6-4-5-7-13(11)16(18-2)14-9-8-12(19-3)10-15(14)17/h4-10,16,18H,1-3H3. The highest BCUT2D eigenvalue weighted by Crippen LogP contribution is 2.32. The third-order valence-corrected chi connectivity index (χ3v) is 3.63. The van der Waals surface area contributed by atoms with Crippen molar-refractivity contribution in [2.75, 3.05) is 14.2 Å². The van der Waals surface area contributed by atoms with E-state index in [1.165, 1.54) is 11.1 Å². The molecule has 0 fully saturated rings. The van der Waals surface area contributed by atoms with Gasteiger partial charge in [0.15, 0.2) is 0 Å².